The Hall–Kier alpha value is -0.820. The average molecular weight is 245 g/mol. The molecule has 1 aliphatic carbocycles. The summed E-state index contributed by atoms with van der Waals surface area (Å²) in [5, 5.41) is 3.51. The second-order valence-electron chi connectivity index (χ2n) is 5.93. The summed E-state index contributed by atoms with van der Waals surface area (Å²) in [4.78, 5) is 0. The molecule has 0 aromatic heterocycles. The average Bonchev–Trinajstić information content (AvgIpc) is 2.87. The summed E-state index contributed by atoms with van der Waals surface area (Å²) in [5.41, 5.74) is 4.29. The lowest BCUT2D eigenvalue weighted by Gasteiger charge is -2.21. The zero-order valence-corrected chi connectivity index (χ0v) is 12.1. The van der Waals surface area contributed by atoms with E-state index in [-0.39, 0.29) is 0 Å². The van der Waals surface area contributed by atoms with Gasteiger partial charge in [-0.25, -0.2) is 0 Å². The van der Waals surface area contributed by atoms with Gasteiger partial charge in [-0.15, -0.1) is 0 Å². The van der Waals surface area contributed by atoms with E-state index in [4.69, 9.17) is 0 Å². The maximum Gasteiger partial charge on any atom is 0.0320 e. The zero-order valence-electron chi connectivity index (χ0n) is 12.1. The minimum absolute atomic E-state index is 0.533. The fourth-order valence-corrected chi connectivity index (χ4v) is 3.29. The SMILES string of the molecule is CNC(CCC1CCCC1)c1cc(C)ccc1C. The maximum atomic E-state index is 3.51. The molecule has 1 unspecified atom stereocenters. The maximum absolute atomic E-state index is 3.51. The lowest BCUT2D eigenvalue weighted by atomic mass is 9.92. The highest BCUT2D eigenvalue weighted by Gasteiger charge is 2.18. The van der Waals surface area contributed by atoms with Crippen LogP contribution in [-0.2, 0) is 0 Å². The summed E-state index contributed by atoms with van der Waals surface area (Å²) in [7, 11) is 2.10. The third-order valence-corrected chi connectivity index (χ3v) is 4.50. The Morgan fingerprint density at radius 1 is 1.22 bits per heavy atom. The van der Waals surface area contributed by atoms with E-state index in [2.05, 4.69) is 44.4 Å². The molecular weight excluding hydrogens is 218 g/mol. The topological polar surface area (TPSA) is 12.0 Å². The molecule has 1 aromatic rings. The third-order valence-electron chi connectivity index (χ3n) is 4.50. The number of aryl methyl sites for hydroxylation is 2. The Bertz CT molecular complexity index is 377. The first-order valence-electron chi connectivity index (χ1n) is 7.45. The molecule has 0 amide bonds. The predicted octanol–water partition coefficient (Wildman–Crippen LogP) is 4.53. The molecule has 1 fully saturated rings. The highest BCUT2D eigenvalue weighted by Crippen LogP contribution is 2.32. The molecule has 100 valence electrons. The second-order valence-corrected chi connectivity index (χ2v) is 5.93. The highest BCUT2D eigenvalue weighted by molar-refractivity contribution is 5.32. The van der Waals surface area contributed by atoms with Gasteiger partial charge in [0.1, 0.15) is 0 Å². The van der Waals surface area contributed by atoms with Crippen LogP contribution in [0.5, 0.6) is 0 Å². The molecule has 1 saturated carbocycles. The van der Waals surface area contributed by atoms with Crippen molar-refractivity contribution in [1.29, 1.82) is 0 Å². The highest BCUT2D eigenvalue weighted by atomic mass is 14.9. The van der Waals surface area contributed by atoms with Gasteiger partial charge in [0.05, 0.1) is 0 Å². The van der Waals surface area contributed by atoms with E-state index in [9.17, 15) is 0 Å². The van der Waals surface area contributed by atoms with Gasteiger partial charge in [0.25, 0.3) is 0 Å². The largest absolute Gasteiger partial charge is 0.313 e. The van der Waals surface area contributed by atoms with Crippen molar-refractivity contribution in [3.8, 4) is 0 Å². The van der Waals surface area contributed by atoms with Gasteiger partial charge in [-0.3, -0.25) is 0 Å². The lowest BCUT2D eigenvalue weighted by Crippen LogP contribution is -2.18. The first-order chi connectivity index (χ1) is 8.70. The summed E-state index contributed by atoms with van der Waals surface area (Å²) in [6.45, 7) is 4.42. The molecule has 1 heteroatoms. The Balaban J connectivity index is 2.00. The molecule has 1 aliphatic rings. The smallest absolute Gasteiger partial charge is 0.0320 e. The summed E-state index contributed by atoms with van der Waals surface area (Å²) in [6, 6.07) is 7.35. The van der Waals surface area contributed by atoms with Gasteiger partial charge in [0, 0.05) is 6.04 Å². The molecule has 0 aliphatic heterocycles. The molecule has 0 heterocycles. The Labute approximate surface area is 112 Å². The van der Waals surface area contributed by atoms with E-state index in [0.29, 0.717) is 6.04 Å². The minimum Gasteiger partial charge on any atom is -0.313 e. The van der Waals surface area contributed by atoms with Crippen molar-refractivity contribution in [2.75, 3.05) is 7.05 Å². The van der Waals surface area contributed by atoms with E-state index < -0.39 is 0 Å². The number of rotatable bonds is 5. The minimum atomic E-state index is 0.533. The molecule has 0 radical (unpaired) electrons. The van der Waals surface area contributed by atoms with E-state index in [1.165, 1.54) is 55.2 Å². The van der Waals surface area contributed by atoms with E-state index in [1.54, 1.807) is 0 Å². The van der Waals surface area contributed by atoms with Crippen molar-refractivity contribution < 1.29 is 0 Å². The van der Waals surface area contributed by atoms with Gasteiger partial charge in [0.2, 0.25) is 0 Å². The summed E-state index contributed by atoms with van der Waals surface area (Å²) in [6.07, 6.45) is 8.51. The van der Waals surface area contributed by atoms with Crippen LogP contribution in [0.15, 0.2) is 18.2 Å². The Morgan fingerprint density at radius 2 is 1.94 bits per heavy atom. The summed E-state index contributed by atoms with van der Waals surface area (Å²) >= 11 is 0. The van der Waals surface area contributed by atoms with E-state index in [0.717, 1.165) is 5.92 Å². The zero-order chi connectivity index (χ0) is 13.0. The quantitative estimate of drug-likeness (QED) is 0.803. The molecule has 18 heavy (non-hydrogen) atoms. The first kappa shape index (κ1) is 13.6. The Kier molecular flexibility index (Phi) is 4.82. The molecule has 1 N–H and O–H groups in total. The molecule has 1 atom stereocenters. The molecule has 0 bridgehead atoms. The van der Waals surface area contributed by atoms with Gasteiger partial charge >= 0.3 is 0 Å². The molecule has 0 saturated heterocycles. The van der Waals surface area contributed by atoms with Crippen LogP contribution in [0.4, 0.5) is 0 Å². The Morgan fingerprint density at radius 3 is 2.61 bits per heavy atom. The van der Waals surface area contributed by atoms with Gasteiger partial charge in [0.15, 0.2) is 0 Å². The van der Waals surface area contributed by atoms with Crippen molar-refractivity contribution in [3.05, 3.63) is 34.9 Å². The number of hydrogen-bond donors (Lipinski definition) is 1. The van der Waals surface area contributed by atoms with Crippen LogP contribution in [0.2, 0.25) is 0 Å². The summed E-state index contributed by atoms with van der Waals surface area (Å²) in [5.74, 6) is 0.992. The monoisotopic (exact) mass is 245 g/mol. The van der Waals surface area contributed by atoms with Crippen molar-refractivity contribution in [3.63, 3.8) is 0 Å². The molecule has 2 rings (SSSR count). The van der Waals surface area contributed by atoms with Crippen molar-refractivity contribution in [2.45, 2.75) is 58.4 Å². The normalized spacial score (nSPS) is 18.2. The van der Waals surface area contributed by atoms with Gasteiger partial charge in [-0.1, -0.05) is 49.4 Å². The van der Waals surface area contributed by atoms with Crippen LogP contribution in [0.25, 0.3) is 0 Å². The first-order valence-corrected chi connectivity index (χ1v) is 7.45. The lowest BCUT2D eigenvalue weighted by molar-refractivity contribution is 0.426. The standard InChI is InChI=1S/C17H27N/c1-13-8-9-14(2)16(12-13)17(18-3)11-10-15-6-4-5-7-15/h8-9,12,15,17-18H,4-7,10-11H2,1-3H3. The molecule has 0 spiro atoms. The van der Waals surface area contributed by atoms with Gasteiger partial charge in [-0.2, -0.15) is 0 Å². The molecule has 1 aromatic carbocycles. The van der Waals surface area contributed by atoms with E-state index in [1.807, 2.05) is 0 Å². The second kappa shape index (κ2) is 6.38. The van der Waals surface area contributed by atoms with Crippen molar-refractivity contribution >= 4 is 0 Å². The van der Waals surface area contributed by atoms with Crippen molar-refractivity contribution in [2.24, 2.45) is 5.92 Å². The van der Waals surface area contributed by atoms with Crippen LogP contribution in [-0.4, -0.2) is 7.05 Å². The molecule has 1 nitrogen and oxygen atoms in total. The van der Waals surface area contributed by atoms with Crippen LogP contribution < -0.4 is 5.32 Å². The van der Waals surface area contributed by atoms with Gasteiger partial charge < -0.3 is 5.32 Å². The number of benzene rings is 1. The fourth-order valence-electron chi connectivity index (χ4n) is 3.29. The predicted molar refractivity (Wildman–Crippen MR) is 78.9 cm³/mol. The number of hydrogen-bond acceptors (Lipinski definition) is 1. The van der Waals surface area contributed by atoms with E-state index >= 15 is 0 Å². The fraction of sp³-hybridized carbons (Fsp3) is 0.647. The van der Waals surface area contributed by atoms with Crippen LogP contribution in [0, 0.1) is 19.8 Å². The number of nitrogens with one attached hydrogen (secondary N) is 1. The third kappa shape index (κ3) is 3.35. The van der Waals surface area contributed by atoms with Crippen LogP contribution in [0.1, 0.15) is 61.3 Å². The van der Waals surface area contributed by atoms with Crippen LogP contribution >= 0.6 is 0 Å². The summed E-state index contributed by atoms with van der Waals surface area (Å²) < 4.78 is 0. The van der Waals surface area contributed by atoms with Crippen LogP contribution in [0.3, 0.4) is 0 Å². The van der Waals surface area contributed by atoms with Crippen molar-refractivity contribution in [1.82, 2.24) is 5.32 Å². The molecular formula is C17H27N. The van der Waals surface area contributed by atoms with Gasteiger partial charge in [-0.05, 0) is 50.8 Å².